The lowest BCUT2D eigenvalue weighted by molar-refractivity contribution is -0.132. The minimum Gasteiger partial charge on any atom is -0.504 e. The summed E-state index contributed by atoms with van der Waals surface area (Å²) in [5.41, 5.74) is 1.84. The molecular formula is C11H10O4. The topological polar surface area (TPSA) is 77.8 Å². The first kappa shape index (κ1) is 9.58. The van der Waals surface area contributed by atoms with E-state index in [4.69, 9.17) is 5.11 Å². The highest BCUT2D eigenvalue weighted by molar-refractivity contribution is 5.93. The van der Waals surface area contributed by atoms with Crippen molar-refractivity contribution in [1.29, 1.82) is 0 Å². The summed E-state index contributed by atoms with van der Waals surface area (Å²) in [6.07, 6.45) is 2.55. The Morgan fingerprint density at radius 2 is 1.80 bits per heavy atom. The van der Waals surface area contributed by atoms with E-state index in [0.717, 1.165) is 5.56 Å². The number of phenols is 2. The minimum atomic E-state index is -0.937. The van der Waals surface area contributed by atoms with E-state index in [1.165, 1.54) is 18.2 Å². The van der Waals surface area contributed by atoms with Crippen LogP contribution in [0.1, 0.15) is 17.5 Å². The quantitative estimate of drug-likeness (QED) is 0.608. The lowest BCUT2D eigenvalue weighted by Crippen LogP contribution is -2.07. The maximum Gasteiger partial charge on any atom is 0.331 e. The summed E-state index contributed by atoms with van der Waals surface area (Å²) in [6.45, 7) is 0. The predicted molar refractivity (Wildman–Crippen MR) is 53.7 cm³/mol. The number of benzene rings is 1. The van der Waals surface area contributed by atoms with Crippen LogP contribution >= 0.6 is 0 Å². The van der Waals surface area contributed by atoms with Crippen molar-refractivity contribution in [2.24, 2.45) is 0 Å². The maximum atomic E-state index is 10.7. The van der Waals surface area contributed by atoms with Gasteiger partial charge < -0.3 is 15.3 Å². The Balaban J connectivity index is 2.51. The molecule has 0 saturated carbocycles. The third-order valence-corrected chi connectivity index (χ3v) is 2.50. The molecule has 78 valence electrons. The van der Waals surface area contributed by atoms with Crippen molar-refractivity contribution in [3.05, 3.63) is 28.8 Å². The molecule has 2 rings (SSSR count). The number of hydrogen-bond donors (Lipinski definition) is 3. The summed E-state index contributed by atoms with van der Waals surface area (Å²) in [5.74, 6) is -1.33. The molecule has 1 aromatic carbocycles. The van der Waals surface area contributed by atoms with Crippen molar-refractivity contribution in [2.75, 3.05) is 0 Å². The Labute approximate surface area is 86.1 Å². The summed E-state index contributed by atoms with van der Waals surface area (Å²) in [4.78, 5) is 10.7. The molecule has 0 aromatic heterocycles. The number of aliphatic carboxylic acids is 1. The van der Waals surface area contributed by atoms with Gasteiger partial charge in [0.1, 0.15) is 0 Å². The van der Waals surface area contributed by atoms with Crippen molar-refractivity contribution in [1.82, 2.24) is 0 Å². The number of fused-ring (bicyclic) bond motifs is 1. The van der Waals surface area contributed by atoms with Crippen LogP contribution in [0.2, 0.25) is 0 Å². The summed E-state index contributed by atoms with van der Waals surface area (Å²) < 4.78 is 0. The molecule has 0 unspecified atom stereocenters. The molecule has 4 nitrogen and oxygen atoms in total. The predicted octanol–water partition coefficient (Wildman–Crippen LogP) is 1.51. The summed E-state index contributed by atoms with van der Waals surface area (Å²) in [5, 5.41) is 27.3. The Morgan fingerprint density at radius 1 is 1.13 bits per heavy atom. The van der Waals surface area contributed by atoms with Gasteiger partial charge in [-0.05, 0) is 42.2 Å². The first-order chi connectivity index (χ1) is 7.08. The summed E-state index contributed by atoms with van der Waals surface area (Å²) in [6, 6.07) is 2.85. The molecule has 0 atom stereocenters. The van der Waals surface area contributed by atoms with E-state index in [-0.39, 0.29) is 11.5 Å². The van der Waals surface area contributed by atoms with Gasteiger partial charge in [-0.25, -0.2) is 4.79 Å². The molecule has 1 aliphatic rings. The number of aromatic hydroxyl groups is 2. The van der Waals surface area contributed by atoms with E-state index in [1.54, 1.807) is 0 Å². The van der Waals surface area contributed by atoms with Crippen molar-refractivity contribution < 1.29 is 20.1 Å². The number of rotatable bonds is 1. The normalized spacial score (nSPS) is 14.3. The Morgan fingerprint density at radius 3 is 2.47 bits per heavy atom. The SMILES string of the molecule is O=C(O)C1=Cc2cc(O)c(O)cc2CC1. The number of aryl methyl sites for hydroxylation is 1. The smallest absolute Gasteiger partial charge is 0.331 e. The highest BCUT2D eigenvalue weighted by Gasteiger charge is 2.16. The lowest BCUT2D eigenvalue weighted by Gasteiger charge is -2.14. The summed E-state index contributed by atoms with van der Waals surface area (Å²) in [7, 11) is 0. The van der Waals surface area contributed by atoms with Crippen LogP contribution in [-0.4, -0.2) is 21.3 Å². The molecule has 0 bridgehead atoms. The summed E-state index contributed by atoms with van der Waals surface area (Å²) >= 11 is 0. The molecule has 4 heteroatoms. The molecule has 0 heterocycles. The van der Waals surface area contributed by atoms with Gasteiger partial charge in [-0.1, -0.05) is 0 Å². The van der Waals surface area contributed by atoms with Gasteiger partial charge in [-0.2, -0.15) is 0 Å². The number of phenolic OH excluding ortho intramolecular Hbond substituents is 2. The van der Waals surface area contributed by atoms with Crippen molar-refractivity contribution in [3.63, 3.8) is 0 Å². The van der Waals surface area contributed by atoms with Gasteiger partial charge in [0.2, 0.25) is 0 Å². The van der Waals surface area contributed by atoms with Crippen LogP contribution in [0.25, 0.3) is 6.08 Å². The van der Waals surface area contributed by atoms with E-state index in [1.807, 2.05) is 0 Å². The van der Waals surface area contributed by atoms with Crippen LogP contribution in [0.5, 0.6) is 11.5 Å². The van der Waals surface area contributed by atoms with Crippen LogP contribution < -0.4 is 0 Å². The van der Waals surface area contributed by atoms with E-state index < -0.39 is 5.97 Å². The second-order valence-corrected chi connectivity index (χ2v) is 3.51. The third kappa shape index (κ3) is 1.66. The number of carbonyl (C=O) groups is 1. The van der Waals surface area contributed by atoms with Crippen molar-refractivity contribution >= 4 is 12.0 Å². The van der Waals surface area contributed by atoms with Crippen LogP contribution in [0.3, 0.4) is 0 Å². The number of carboxylic acid groups (broad SMARTS) is 1. The fourth-order valence-electron chi connectivity index (χ4n) is 1.68. The second kappa shape index (κ2) is 3.31. The Kier molecular flexibility index (Phi) is 2.11. The van der Waals surface area contributed by atoms with Gasteiger partial charge in [0.05, 0.1) is 0 Å². The number of hydrogen-bond acceptors (Lipinski definition) is 3. The monoisotopic (exact) mass is 206 g/mol. The molecule has 3 N–H and O–H groups in total. The fourth-order valence-corrected chi connectivity index (χ4v) is 1.68. The molecule has 15 heavy (non-hydrogen) atoms. The van der Waals surface area contributed by atoms with Crippen LogP contribution in [0.4, 0.5) is 0 Å². The highest BCUT2D eigenvalue weighted by Crippen LogP contribution is 2.33. The minimum absolute atomic E-state index is 0.166. The van der Waals surface area contributed by atoms with Crippen LogP contribution in [0.15, 0.2) is 17.7 Å². The largest absolute Gasteiger partial charge is 0.504 e. The molecule has 0 fully saturated rings. The van der Waals surface area contributed by atoms with Crippen molar-refractivity contribution in [2.45, 2.75) is 12.8 Å². The zero-order valence-corrected chi connectivity index (χ0v) is 7.90. The molecule has 0 spiro atoms. The first-order valence-electron chi connectivity index (χ1n) is 4.56. The van der Waals surface area contributed by atoms with E-state index in [0.29, 0.717) is 24.0 Å². The average Bonchev–Trinajstić information content (AvgIpc) is 2.19. The van der Waals surface area contributed by atoms with Gasteiger partial charge in [0.25, 0.3) is 0 Å². The average molecular weight is 206 g/mol. The zero-order valence-electron chi connectivity index (χ0n) is 7.90. The standard InChI is InChI=1S/C11H10O4/c12-9-4-6-1-2-7(11(14)15)3-8(6)5-10(9)13/h3-5,12-13H,1-2H2,(H,14,15). The van der Waals surface area contributed by atoms with Gasteiger partial charge in [0.15, 0.2) is 11.5 Å². The lowest BCUT2D eigenvalue weighted by atomic mass is 9.92. The first-order valence-corrected chi connectivity index (χ1v) is 4.56. The van der Waals surface area contributed by atoms with Gasteiger partial charge in [0, 0.05) is 5.57 Å². The molecule has 1 aromatic rings. The highest BCUT2D eigenvalue weighted by atomic mass is 16.4. The fraction of sp³-hybridized carbons (Fsp3) is 0.182. The second-order valence-electron chi connectivity index (χ2n) is 3.51. The van der Waals surface area contributed by atoms with Gasteiger partial charge in [-0.15, -0.1) is 0 Å². The maximum absolute atomic E-state index is 10.7. The molecular weight excluding hydrogens is 196 g/mol. The van der Waals surface area contributed by atoms with Gasteiger partial charge in [-0.3, -0.25) is 0 Å². The third-order valence-electron chi connectivity index (χ3n) is 2.50. The van der Waals surface area contributed by atoms with E-state index in [2.05, 4.69) is 0 Å². The Hall–Kier alpha value is -1.97. The van der Waals surface area contributed by atoms with Crippen LogP contribution in [-0.2, 0) is 11.2 Å². The molecule has 0 amide bonds. The van der Waals surface area contributed by atoms with E-state index in [9.17, 15) is 15.0 Å². The molecule has 0 aliphatic heterocycles. The number of carboxylic acids is 1. The molecule has 0 saturated heterocycles. The van der Waals surface area contributed by atoms with Gasteiger partial charge >= 0.3 is 5.97 Å². The molecule has 1 aliphatic carbocycles. The van der Waals surface area contributed by atoms with Crippen molar-refractivity contribution in [3.8, 4) is 11.5 Å². The van der Waals surface area contributed by atoms with E-state index >= 15 is 0 Å². The Bertz CT molecular complexity index is 460. The zero-order chi connectivity index (χ0) is 11.0. The van der Waals surface area contributed by atoms with Crippen LogP contribution in [0, 0.1) is 0 Å². The molecule has 0 radical (unpaired) electrons.